The molecule has 1 saturated carbocycles. The van der Waals surface area contributed by atoms with Gasteiger partial charge in [-0.05, 0) is 24.7 Å². The molecule has 0 aliphatic heterocycles. The maximum Gasteiger partial charge on any atom is 0.133 e. The number of Topliss-reactive ketones (excluding diaryl/α,β-unsaturated/α-hetero) is 1. The number of rotatable bonds is 5. The summed E-state index contributed by atoms with van der Waals surface area (Å²) in [6, 6.07) is 0. The highest BCUT2D eigenvalue weighted by Crippen LogP contribution is 2.28. The second kappa shape index (κ2) is 5.41. The minimum Gasteiger partial charge on any atom is -0.300 e. The van der Waals surface area contributed by atoms with E-state index in [4.69, 9.17) is 0 Å². The normalized spacial score (nSPS) is 23.0. The first-order chi connectivity index (χ1) is 6.26. The minimum absolute atomic E-state index is 0.495. The van der Waals surface area contributed by atoms with Crippen LogP contribution in [0.1, 0.15) is 58.8 Å². The zero-order valence-corrected chi connectivity index (χ0v) is 9.01. The van der Waals surface area contributed by atoms with Crippen LogP contribution >= 0.6 is 0 Å². The van der Waals surface area contributed by atoms with Crippen LogP contribution in [-0.2, 0) is 4.79 Å². The molecule has 0 aromatic carbocycles. The maximum atomic E-state index is 11.0. The Hall–Kier alpha value is -0.330. The Balaban J connectivity index is 2.14. The highest BCUT2D eigenvalue weighted by atomic mass is 16.1. The molecule has 0 spiro atoms. The van der Waals surface area contributed by atoms with Gasteiger partial charge in [-0.15, -0.1) is 0 Å². The molecule has 0 heterocycles. The molecule has 0 amide bonds. The third kappa shape index (κ3) is 3.50. The molecule has 0 N–H and O–H groups in total. The van der Waals surface area contributed by atoms with Crippen LogP contribution in [0, 0.1) is 11.8 Å². The SMILES string of the molecule is CCC(CC)CCC1CCC(=O)C1. The summed E-state index contributed by atoms with van der Waals surface area (Å²) in [6.45, 7) is 4.54. The lowest BCUT2D eigenvalue weighted by atomic mass is 9.91. The average Bonchev–Trinajstić information content (AvgIpc) is 2.53. The van der Waals surface area contributed by atoms with Gasteiger partial charge in [0.05, 0.1) is 0 Å². The lowest BCUT2D eigenvalue weighted by Crippen LogP contribution is -2.02. The lowest BCUT2D eigenvalue weighted by molar-refractivity contribution is -0.117. The summed E-state index contributed by atoms with van der Waals surface area (Å²) in [5, 5.41) is 0. The van der Waals surface area contributed by atoms with Gasteiger partial charge >= 0.3 is 0 Å². The fraction of sp³-hybridized carbons (Fsp3) is 0.917. The van der Waals surface area contributed by atoms with Crippen molar-refractivity contribution in [3.8, 4) is 0 Å². The molecule has 1 nitrogen and oxygen atoms in total. The van der Waals surface area contributed by atoms with Crippen LogP contribution < -0.4 is 0 Å². The summed E-state index contributed by atoms with van der Waals surface area (Å²) in [5.41, 5.74) is 0. The van der Waals surface area contributed by atoms with Crippen molar-refractivity contribution in [1.82, 2.24) is 0 Å². The largest absolute Gasteiger partial charge is 0.300 e. The second-order valence-corrected chi connectivity index (χ2v) is 4.41. The molecule has 0 aromatic heterocycles. The lowest BCUT2D eigenvalue weighted by Gasteiger charge is -2.14. The van der Waals surface area contributed by atoms with E-state index in [0.717, 1.165) is 24.7 Å². The number of carbonyl (C=O) groups is 1. The van der Waals surface area contributed by atoms with Crippen LogP contribution in [0.3, 0.4) is 0 Å². The predicted octanol–water partition coefficient (Wildman–Crippen LogP) is 3.57. The van der Waals surface area contributed by atoms with E-state index in [0.29, 0.717) is 5.78 Å². The molecule has 0 bridgehead atoms. The van der Waals surface area contributed by atoms with E-state index in [1.54, 1.807) is 0 Å². The van der Waals surface area contributed by atoms with Crippen molar-refractivity contribution >= 4 is 5.78 Å². The topological polar surface area (TPSA) is 17.1 Å². The Bertz CT molecular complexity index is 159. The van der Waals surface area contributed by atoms with Gasteiger partial charge in [-0.3, -0.25) is 4.79 Å². The van der Waals surface area contributed by atoms with Crippen LogP contribution in [-0.4, -0.2) is 5.78 Å². The Labute approximate surface area is 81.9 Å². The van der Waals surface area contributed by atoms with Gasteiger partial charge in [-0.1, -0.05) is 33.1 Å². The summed E-state index contributed by atoms with van der Waals surface area (Å²) in [4.78, 5) is 11.0. The van der Waals surface area contributed by atoms with Gasteiger partial charge in [0, 0.05) is 12.8 Å². The Morgan fingerprint density at radius 3 is 2.54 bits per heavy atom. The smallest absolute Gasteiger partial charge is 0.133 e. The van der Waals surface area contributed by atoms with Gasteiger partial charge < -0.3 is 0 Å². The molecule has 0 saturated heterocycles. The van der Waals surface area contributed by atoms with Gasteiger partial charge in [0.1, 0.15) is 5.78 Å². The quantitative estimate of drug-likeness (QED) is 0.635. The van der Waals surface area contributed by atoms with Gasteiger partial charge in [-0.2, -0.15) is 0 Å². The molecule has 1 fully saturated rings. The van der Waals surface area contributed by atoms with Crippen molar-refractivity contribution in [2.45, 2.75) is 58.8 Å². The van der Waals surface area contributed by atoms with E-state index in [2.05, 4.69) is 13.8 Å². The van der Waals surface area contributed by atoms with E-state index >= 15 is 0 Å². The third-order valence-electron chi connectivity index (χ3n) is 3.49. The highest BCUT2D eigenvalue weighted by Gasteiger charge is 2.22. The van der Waals surface area contributed by atoms with Crippen molar-refractivity contribution in [3.05, 3.63) is 0 Å². The predicted molar refractivity (Wildman–Crippen MR) is 55.7 cm³/mol. The number of hydrogen-bond acceptors (Lipinski definition) is 1. The fourth-order valence-corrected chi connectivity index (χ4v) is 2.31. The van der Waals surface area contributed by atoms with E-state index in [1.807, 2.05) is 0 Å². The minimum atomic E-state index is 0.495. The van der Waals surface area contributed by atoms with Crippen molar-refractivity contribution in [2.24, 2.45) is 11.8 Å². The van der Waals surface area contributed by atoms with Gasteiger partial charge in [0.2, 0.25) is 0 Å². The van der Waals surface area contributed by atoms with Crippen molar-refractivity contribution in [3.63, 3.8) is 0 Å². The summed E-state index contributed by atoms with van der Waals surface area (Å²) in [5.74, 6) is 2.12. The molecule has 1 rings (SSSR count). The number of hydrogen-bond donors (Lipinski definition) is 0. The van der Waals surface area contributed by atoms with Crippen LogP contribution in [0.5, 0.6) is 0 Å². The standard InChI is InChI=1S/C12H22O/c1-3-10(4-2)5-6-11-7-8-12(13)9-11/h10-11H,3-9H2,1-2H3. The molecule has 1 unspecified atom stereocenters. The van der Waals surface area contributed by atoms with Crippen LogP contribution in [0.15, 0.2) is 0 Å². The van der Waals surface area contributed by atoms with Crippen LogP contribution in [0.4, 0.5) is 0 Å². The third-order valence-corrected chi connectivity index (χ3v) is 3.49. The maximum absolute atomic E-state index is 11.0. The van der Waals surface area contributed by atoms with E-state index in [1.165, 1.54) is 32.1 Å². The molecule has 0 aromatic rings. The molecule has 1 atom stereocenters. The molecule has 13 heavy (non-hydrogen) atoms. The van der Waals surface area contributed by atoms with Gasteiger partial charge in [0.25, 0.3) is 0 Å². The molecular weight excluding hydrogens is 160 g/mol. The first-order valence-corrected chi connectivity index (χ1v) is 5.77. The molecule has 0 radical (unpaired) electrons. The molecular formula is C12H22O. The first kappa shape index (κ1) is 10.7. The second-order valence-electron chi connectivity index (χ2n) is 4.41. The Morgan fingerprint density at radius 1 is 1.38 bits per heavy atom. The molecule has 1 aliphatic rings. The van der Waals surface area contributed by atoms with Crippen molar-refractivity contribution in [2.75, 3.05) is 0 Å². The zero-order chi connectivity index (χ0) is 9.68. The number of carbonyl (C=O) groups excluding carboxylic acids is 1. The van der Waals surface area contributed by atoms with Crippen molar-refractivity contribution < 1.29 is 4.79 Å². The van der Waals surface area contributed by atoms with E-state index in [9.17, 15) is 4.79 Å². The monoisotopic (exact) mass is 182 g/mol. The molecule has 76 valence electrons. The Kier molecular flexibility index (Phi) is 4.47. The first-order valence-electron chi connectivity index (χ1n) is 5.77. The summed E-state index contributed by atoms with van der Waals surface area (Å²) in [6.07, 6.45) is 8.13. The summed E-state index contributed by atoms with van der Waals surface area (Å²) in [7, 11) is 0. The molecule has 1 heteroatoms. The summed E-state index contributed by atoms with van der Waals surface area (Å²) < 4.78 is 0. The highest BCUT2D eigenvalue weighted by molar-refractivity contribution is 5.80. The van der Waals surface area contributed by atoms with E-state index < -0.39 is 0 Å². The summed E-state index contributed by atoms with van der Waals surface area (Å²) >= 11 is 0. The molecule has 1 aliphatic carbocycles. The zero-order valence-electron chi connectivity index (χ0n) is 9.01. The average molecular weight is 182 g/mol. The fourth-order valence-electron chi connectivity index (χ4n) is 2.31. The van der Waals surface area contributed by atoms with E-state index in [-0.39, 0.29) is 0 Å². The van der Waals surface area contributed by atoms with Crippen LogP contribution in [0.25, 0.3) is 0 Å². The number of ketones is 1. The van der Waals surface area contributed by atoms with Gasteiger partial charge in [0.15, 0.2) is 0 Å². The van der Waals surface area contributed by atoms with Crippen LogP contribution in [0.2, 0.25) is 0 Å². The Morgan fingerprint density at radius 2 is 2.08 bits per heavy atom. The van der Waals surface area contributed by atoms with Gasteiger partial charge in [-0.25, -0.2) is 0 Å². The van der Waals surface area contributed by atoms with Crippen molar-refractivity contribution in [1.29, 1.82) is 0 Å².